The van der Waals surface area contributed by atoms with Crippen molar-refractivity contribution in [2.75, 3.05) is 0 Å². The maximum Gasteiger partial charge on any atom is 0.435 e. The van der Waals surface area contributed by atoms with Crippen LogP contribution in [0.4, 0.5) is 22.0 Å². The number of alkyl halides is 5. The molecule has 0 N–H and O–H groups in total. The average Bonchev–Trinajstić information content (AvgIpc) is 2.42. The van der Waals surface area contributed by atoms with Crippen molar-refractivity contribution in [3.8, 4) is 5.88 Å². The molecule has 0 aromatic carbocycles. The molecule has 0 radical (unpaired) electrons. The molecule has 0 aliphatic heterocycles. The van der Waals surface area contributed by atoms with Crippen LogP contribution < -0.4 is 4.74 Å². The zero-order valence-electron chi connectivity index (χ0n) is 8.48. The molecule has 0 saturated heterocycles. The van der Waals surface area contributed by atoms with E-state index in [1.165, 1.54) is 6.92 Å². The third-order valence-electron chi connectivity index (χ3n) is 1.91. The molecule has 0 amide bonds. The van der Waals surface area contributed by atoms with Gasteiger partial charge in [-0.1, -0.05) is 6.92 Å². The summed E-state index contributed by atoms with van der Waals surface area (Å²) in [5.41, 5.74) is -1.55. The lowest BCUT2D eigenvalue weighted by Gasteiger charge is -2.07. The second kappa shape index (κ2) is 4.26. The summed E-state index contributed by atoms with van der Waals surface area (Å²) in [5, 5.41) is 3.14. The van der Waals surface area contributed by atoms with Crippen LogP contribution in [0.3, 0.4) is 0 Å². The highest BCUT2D eigenvalue weighted by atomic mass is 19.4. The van der Waals surface area contributed by atoms with Crippen LogP contribution in [0.1, 0.15) is 18.2 Å². The third-order valence-corrected chi connectivity index (χ3v) is 1.91. The van der Waals surface area contributed by atoms with E-state index in [0.29, 0.717) is 4.68 Å². The summed E-state index contributed by atoms with van der Waals surface area (Å²) >= 11 is 0. The standard InChI is InChI=1S/C8H9F5N2O/c1-3-4-5(8(11,12)13)14-15(2)6(4)16-7(9)10/h7H,3H2,1-2H3. The quantitative estimate of drug-likeness (QED) is 0.764. The van der Waals surface area contributed by atoms with E-state index in [9.17, 15) is 22.0 Å². The van der Waals surface area contributed by atoms with Gasteiger partial charge in [0.2, 0.25) is 5.88 Å². The topological polar surface area (TPSA) is 27.1 Å². The molecule has 1 aromatic rings. The molecule has 1 aromatic heterocycles. The number of hydrogen-bond acceptors (Lipinski definition) is 2. The smallest absolute Gasteiger partial charge is 0.417 e. The minimum Gasteiger partial charge on any atom is -0.417 e. The van der Waals surface area contributed by atoms with Crippen molar-refractivity contribution in [2.24, 2.45) is 7.05 Å². The predicted octanol–water partition coefficient (Wildman–Crippen LogP) is 2.60. The summed E-state index contributed by atoms with van der Waals surface area (Å²) in [5.74, 6) is -0.551. The van der Waals surface area contributed by atoms with Gasteiger partial charge in [0, 0.05) is 12.6 Å². The molecule has 92 valence electrons. The molecule has 0 bridgehead atoms. The van der Waals surface area contributed by atoms with Gasteiger partial charge >= 0.3 is 12.8 Å². The van der Waals surface area contributed by atoms with Gasteiger partial charge in [-0.15, -0.1) is 0 Å². The van der Waals surface area contributed by atoms with Crippen LogP contribution in [0.5, 0.6) is 5.88 Å². The molecular weight excluding hydrogens is 235 g/mol. The highest BCUT2D eigenvalue weighted by Gasteiger charge is 2.39. The maximum absolute atomic E-state index is 12.4. The number of rotatable bonds is 3. The summed E-state index contributed by atoms with van der Waals surface area (Å²) in [6, 6.07) is 0. The van der Waals surface area contributed by atoms with Crippen molar-refractivity contribution < 1.29 is 26.7 Å². The van der Waals surface area contributed by atoms with Crippen molar-refractivity contribution in [3.05, 3.63) is 11.3 Å². The minimum atomic E-state index is -4.67. The maximum atomic E-state index is 12.4. The first-order valence-electron chi connectivity index (χ1n) is 4.35. The van der Waals surface area contributed by atoms with Crippen LogP contribution in [0.25, 0.3) is 0 Å². The van der Waals surface area contributed by atoms with Gasteiger partial charge in [-0.05, 0) is 6.42 Å². The monoisotopic (exact) mass is 244 g/mol. The zero-order valence-corrected chi connectivity index (χ0v) is 8.48. The molecule has 0 aliphatic rings. The molecule has 0 fully saturated rings. The Kier molecular flexibility index (Phi) is 3.39. The lowest BCUT2D eigenvalue weighted by molar-refractivity contribution is -0.142. The lowest BCUT2D eigenvalue weighted by atomic mass is 10.2. The fourth-order valence-electron chi connectivity index (χ4n) is 1.33. The van der Waals surface area contributed by atoms with Crippen molar-refractivity contribution in [1.29, 1.82) is 0 Å². The van der Waals surface area contributed by atoms with Crippen LogP contribution in [-0.2, 0) is 19.6 Å². The molecular formula is C8H9F5N2O. The molecule has 0 atom stereocenters. The predicted molar refractivity (Wildman–Crippen MR) is 44.2 cm³/mol. The molecule has 0 unspecified atom stereocenters. The number of aryl methyl sites for hydroxylation is 1. The second-order valence-corrected chi connectivity index (χ2v) is 2.99. The summed E-state index contributed by atoms with van der Waals surface area (Å²) < 4.78 is 66.0. The van der Waals surface area contributed by atoms with Crippen molar-refractivity contribution in [2.45, 2.75) is 26.1 Å². The number of ether oxygens (including phenoxy) is 1. The van der Waals surface area contributed by atoms with Crippen molar-refractivity contribution in [3.63, 3.8) is 0 Å². The highest BCUT2D eigenvalue weighted by Crippen LogP contribution is 2.35. The number of nitrogens with zero attached hydrogens (tertiary/aromatic N) is 2. The van der Waals surface area contributed by atoms with Crippen molar-refractivity contribution >= 4 is 0 Å². The van der Waals surface area contributed by atoms with Crippen LogP contribution in [0.2, 0.25) is 0 Å². The molecule has 0 saturated carbocycles. The van der Waals surface area contributed by atoms with E-state index < -0.39 is 24.4 Å². The van der Waals surface area contributed by atoms with Crippen LogP contribution in [-0.4, -0.2) is 16.4 Å². The molecule has 16 heavy (non-hydrogen) atoms. The first-order chi connectivity index (χ1) is 7.27. The van der Waals surface area contributed by atoms with E-state index >= 15 is 0 Å². The Morgan fingerprint density at radius 1 is 1.38 bits per heavy atom. The third kappa shape index (κ3) is 2.42. The Bertz CT molecular complexity index is 371. The van der Waals surface area contributed by atoms with Crippen LogP contribution in [0.15, 0.2) is 0 Å². The van der Waals surface area contributed by atoms with E-state index in [4.69, 9.17) is 0 Å². The van der Waals surface area contributed by atoms with E-state index in [-0.39, 0.29) is 12.0 Å². The Balaban J connectivity index is 3.24. The molecule has 1 rings (SSSR count). The number of hydrogen-bond donors (Lipinski definition) is 0. The van der Waals surface area contributed by atoms with Gasteiger partial charge in [-0.25, -0.2) is 4.68 Å². The summed E-state index contributed by atoms with van der Waals surface area (Å²) in [7, 11) is 1.12. The fraction of sp³-hybridized carbons (Fsp3) is 0.625. The normalized spacial score (nSPS) is 12.2. The zero-order chi connectivity index (χ0) is 12.5. The fourth-order valence-corrected chi connectivity index (χ4v) is 1.33. The van der Waals surface area contributed by atoms with E-state index in [1.54, 1.807) is 0 Å². The second-order valence-electron chi connectivity index (χ2n) is 2.99. The summed E-state index contributed by atoms with van der Waals surface area (Å²) in [6.45, 7) is -1.77. The first kappa shape index (κ1) is 12.7. The Morgan fingerprint density at radius 2 is 1.94 bits per heavy atom. The Hall–Kier alpha value is -1.34. The number of halogens is 5. The van der Waals surface area contributed by atoms with Gasteiger partial charge in [-0.2, -0.15) is 27.1 Å². The SMILES string of the molecule is CCc1c(C(F)(F)F)nn(C)c1OC(F)F. The van der Waals surface area contributed by atoms with Crippen LogP contribution >= 0.6 is 0 Å². The molecule has 0 aliphatic carbocycles. The van der Waals surface area contributed by atoms with Crippen molar-refractivity contribution in [1.82, 2.24) is 9.78 Å². The van der Waals surface area contributed by atoms with Gasteiger partial charge in [0.1, 0.15) is 0 Å². The van der Waals surface area contributed by atoms with Gasteiger partial charge in [0.15, 0.2) is 5.69 Å². The van der Waals surface area contributed by atoms with E-state index in [2.05, 4.69) is 9.84 Å². The van der Waals surface area contributed by atoms with Gasteiger partial charge < -0.3 is 4.74 Å². The lowest BCUT2D eigenvalue weighted by Crippen LogP contribution is -2.09. The largest absolute Gasteiger partial charge is 0.435 e. The molecule has 1 heterocycles. The Labute approximate surface area is 87.8 Å². The molecule has 3 nitrogen and oxygen atoms in total. The average molecular weight is 244 g/mol. The Morgan fingerprint density at radius 3 is 2.31 bits per heavy atom. The van der Waals surface area contributed by atoms with Gasteiger partial charge in [0.05, 0.1) is 0 Å². The highest BCUT2D eigenvalue weighted by molar-refractivity contribution is 5.33. The van der Waals surface area contributed by atoms with Crippen LogP contribution in [0, 0.1) is 0 Å². The summed E-state index contributed by atoms with van der Waals surface area (Å²) in [4.78, 5) is 0. The molecule has 8 heteroatoms. The minimum absolute atomic E-state index is 0.0925. The van der Waals surface area contributed by atoms with Gasteiger partial charge in [0.25, 0.3) is 0 Å². The van der Waals surface area contributed by atoms with E-state index in [1.807, 2.05) is 0 Å². The molecule has 0 spiro atoms. The van der Waals surface area contributed by atoms with Gasteiger partial charge in [-0.3, -0.25) is 0 Å². The summed E-state index contributed by atoms with van der Waals surface area (Å²) in [6.07, 6.45) is -4.77. The first-order valence-corrected chi connectivity index (χ1v) is 4.35. The van der Waals surface area contributed by atoms with E-state index in [0.717, 1.165) is 7.05 Å². The number of aromatic nitrogens is 2.